The predicted octanol–water partition coefficient (Wildman–Crippen LogP) is 5.11. The van der Waals surface area contributed by atoms with Crippen LogP contribution >= 0.6 is 23.6 Å². The molecule has 3 heterocycles. The van der Waals surface area contributed by atoms with E-state index in [0.717, 1.165) is 21.3 Å². The van der Waals surface area contributed by atoms with Crippen LogP contribution in [-0.2, 0) is 14.2 Å². The third kappa shape index (κ3) is 4.70. The fourth-order valence-corrected chi connectivity index (χ4v) is 4.17. The molecule has 1 aliphatic rings. The summed E-state index contributed by atoms with van der Waals surface area (Å²) in [5.74, 6) is 0. The van der Waals surface area contributed by atoms with Gasteiger partial charge in [0.05, 0.1) is 39.6 Å². The summed E-state index contributed by atoms with van der Waals surface area (Å²) in [5.41, 5.74) is 2.30. The Kier molecular flexibility index (Phi) is 5.57. The highest BCUT2D eigenvalue weighted by atomic mass is 32.1. The van der Waals surface area contributed by atoms with Gasteiger partial charge in [-0.1, -0.05) is 12.2 Å². The second-order valence-corrected chi connectivity index (χ2v) is 9.89. The second-order valence-electron chi connectivity index (χ2n) is 8.65. The number of rotatable bonds is 4. The van der Waals surface area contributed by atoms with Crippen molar-refractivity contribution in [2.24, 2.45) is 0 Å². The predicted molar refractivity (Wildman–Crippen MR) is 107 cm³/mol. The maximum absolute atomic E-state index is 6.34. The van der Waals surface area contributed by atoms with E-state index in [0.29, 0.717) is 6.61 Å². The minimum Gasteiger partial charge on any atom is -0.373 e. The summed E-state index contributed by atoms with van der Waals surface area (Å²) >= 11 is 7.24. The van der Waals surface area contributed by atoms with Crippen LogP contribution in [0.5, 0.6) is 0 Å². The molecule has 0 radical (unpaired) electrons. The molecule has 144 valence electrons. The minimum atomic E-state index is -0.244. The average Bonchev–Trinajstić information content (AvgIpc) is 3.10. The number of thiazole rings is 1. The van der Waals surface area contributed by atoms with Crippen molar-refractivity contribution in [3.8, 4) is 0 Å². The Morgan fingerprint density at radius 1 is 1.27 bits per heavy atom. The van der Waals surface area contributed by atoms with Gasteiger partial charge in [0.15, 0.2) is 0 Å². The third-order valence-electron chi connectivity index (χ3n) is 4.09. The van der Waals surface area contributed by atoms with Gasteiger partial charge < -0.3 is 18.8 Å². The van der Waals surface area contributed by atoms with Crippen molar-refractivity contribution < 1.29 is 14.2 Å². The van der Waals surface area contributed by atoms with Gasteiger partial charge in [-0.2, -0.15) is 0 Å². The molecule has 0 N–H and O–H groups in total. The summed E-state index contributed by atoms with van der Waals surface area (Å²) in [4.78, 5) is 4.34. The fourth-order valence-electron chi connectivity index (χ4n) is 3.03. The van der Waals surface area contributed by atoms with Crippen LogP contribution in [0.15, 0.2) is 17.8 Å². The molecule has 1 aliphatic heterocycles. The van der Waals surface area contributed by atoms with E-state index in [4.69, 9.17) is 26.4 Å². The maximum Gasteiger partial charge on any atom is 0.137 e. The highest BCUT2D eigenvalue weighted by Gasteiger charge is 2.40. The molecule has 7 heteroatoms. The van der Waals surface area contributed by atoms with E-state index in [1.54, 1.807) is 11.3 Å². The zero-order valence-electron chi connectivity index (χ0n) is 16.3. The topological polar surface area (TPSA) is 45.5 Å². The van der Waals surface area contributed by atoms with E-state index >= 15 is 0 Å². The molecule has 2 aromatic rings. The number of hydrogen-bond donors (Lipinski definition) is 0. The van der Waals surface area contributed by atoms with Gasteiger partial charge in [-0.05, 0) is 47.6 Å². The van der Waals surface area contributed by atoms with Gasteiger partial charge in [-0.3, -0.25) is 0 Å². The first kappa shape index (κ1) is 19.9. The second kappa shape index (κ2) is 7.28. The Bertz CT molecular complexity index is 817. The van der Waals surface area contributed by atoms with Gasteiger partial charge in [0.25, 0.3) is 0 Å². The summed E-state index contributed by atoms with van der Waals surface area (Å²) in [6.45, 7) is 12.8. The van der Waals surface area contributed by atoms with Gasteiger partial charge >= 0.3 is 0 Å². The van der Waals surface area contributed by atoms with E-state index in [1.807, 2.05) is 43.1 Å². The van der Waals surface area contributed by atoms with Crippen LogP contribution in [0.2, 0.25) is 0 Å². The standard InChI is InChI=1S/C19H28N2O3S2/c1-18(2,3)22-10-14-13(24-19(4,5)6)9-15(23-14)21-8-7-12-16(17(21)25)26-11-20-12/h7-8,11,13-15H,9-10H2,1-6H3/t13?,14-,15+/m1/s1. The molecule has 0 spiro atoms. The lowest BCUT2D eigenvalue weighted by atomic mass is 10.1. The van der Waals surface area contributed by atoms with Crippen molar-refractivity contribution in [2.75, 3.05) is 6.61 Å². The zero-order valence-corrected chi connectivity index (χ0v) is 17.9. The number of ether oxygens (including phenoxy) is 3. The number of fused-ring (bicyclic) bond motifs is 1. The SMILES string of the molecule is CC(C)(C)OC[C@H]1O[C@H](n2ccc3ncsc3c2=S)CC1OC(C)(C)C. The van der Waals surface area contributed by atoms with Crippen molar-refractivity contribution in [1.82, 2.24) is 9.55 Å². The Hall–Kier alpha value is -0.860. The van der Waals surface area contributed by atoms with Crippen LogP contribution in [0.25, 0.3) is 10.2 Å². The zero-order chi connectivity index (χ0) is 19.1. The minimum absolute atomic E-state index is 0.0404. The molecule has 5 nitrogen and oxygen atoms in total. The first-order valence-corrected chi connectivity index (χ1v) is 10.2. The van der Waals surface area contributed by atoms with Crippen molar-refractivity contribution in [2.45, 2.75) is 77.6 Å². The first-order chi connectivity index (χ1) is 12.0. The maximum atomic E-state index is 6.34. The lowest BCUT2D eigenvalue weighted by molar-refractivity contribution is -0.132. The molecule has 2 aromatic heterocycles. The monoisotopic (exact) mass is 396 g/mol. The lowest BCUT2D eigenvalue weighted by Gasteiger charge is -2.29. The molecule has 26 heavy (non-hydrogen) atoms. The summed E-state index contributed by atoms with van der Waals surface area (Å²) in [6.07, 6.45) is 2.39. The van der Waals surface area contributed by atoms with Crippen LogP contribution < -0.4 is 0 Å². The van der Waals surface area contributed by atoms with Crippen LogP contribution in [0, 0.1) is 4.64 Å². The average molecular weight is 397 g/mol. The Morgan fingerprint density at radius 3 is 2.65 bits per heavy atom. The van der Waals surface area contributed by atoms with Crippen LogP contribution in [0.3, 0.4) is 0 Å². The lowest BCUT2D eigenvalue weighted by Crippen LogP contribution is -2.37. The van der Waals surface area contributed by atoms with Crippen LogP contribution in [0.1, 0.15) is 54.2 Å². The van der Waals surface area contributed by atoms with E-state index in [1.165, 1.54) is 0 Å². The smallest absolute Gasteiger partial charge is 0.137 e. The number of aromatic nitrogens is 2. The molecule has 1 saturated heterocycles. The van der Waals surface area contributed by atoms with E-state index in [-0.39, 0.29) is 29.6 Å². The van der Waals surface area contributed by atoms with Gasteiger partial charge in [0, 0.05) is 12.6 Å². The van der Waals surface area contributed by atoms with Gasteiger partial charge in [-0.25, -0.2) is 4.98 Å². The number of hydrogen-bond acceptors (Lipinski definition) is 6. The van der Waals surface area contributed by atoms with Crippen LogP contribution in [-0.4, -0.2) is 39.6 Å². The Morgan fingerprint density at radius 2 is 2.00 bits per heavy atom. The fraction of sp³-hybridized carbons (Fsp3) is 0.684. The quantitative estimate of drug-likeness (QED) is 0.672. The molecule has 0 aliphatic carbocycles. The molecule has 1 fully saturated rings. The summed E-state index contributed by atoms with van der Waals surface area (Å²) in [7, 11) is 0. The molecule has 3 rings (SSSR count). The number of nitrogens with zero attached hydrogens (tertiary/aromatic N) is 2. The summed E-state index contributed by atoms with van der Waals surface area (Å²) < 4.78 is 22.4. The van der Waals surface area contributed by atoms with Crippen molar-refractivity contribution in [3.63, 3.8) is 0 Å². The normalized spacial score (nSPS) is 24.5. The highest BCUT2D eigenvalue weighted by molar-refractivity contribution is 7.71. The van der Waals surface area contributed by atoms with E-state index in [9.17, 15) is 0 Å². The Labute approximate surface area is 164 Å². The molecule has 0 aromatic carbocycles. The van der Waals surface area contributed by atoms with Gasteiger partial charge in [0.2, 0.25) is 0 Å². The molecule has 1 unspecified atom stereocenters. The Balaban J connectivity index is 1.84. The van der Waals surface area contributed by atoms with Crippen molar-refractivity contribution >= 4 is 33.8 Å². The van der Waals surface area contributed by atoms with Crippen LogP contribution in [0.4, 0.5) is 0 Å². The van der Waals surface area contributed by atoms with Crippen molar-refractivity contribution in [1.29, 1.82) is 0 Å². The number of pyridine rings is 1. The molecular weight excluding hydrogens is 368 g/mol. The van der Waals surface area contributed by atoms with E-state index in [2.05, 4.69) is 25.8 Å². The van der Waals surface area contributed by atoms with E-state index < -0.39 is 0 Å². The van der Waals surface area contributed by atoms with Gasteiger partial charge in [-0.15, -0.1) is 11.3 Å². The molecule has 3 atom stereocenters. The molecular formula is C19H28N2O3S2. The summed E-state index contributed by atoms with van der Waals surface area (Å²) in [6, 6.07) is 1.99. The van der Waals surface area contributed by atoms with Gasteiger partial charge in [0.1, 0.15) is 17.0 Å². The van der Waals surface area contributed by atoms with Crippen molar-refractivity contribution in [3.05, 3.63) is 22.4 Å². The molecule has 0 amide bonds. The largest absolute Gasteiger partial charge is 0.373 e. The summed E-state index contributed by atoms with van der Waals surface area (Å²) in [5, 5.41) is 0. The third-order valence-corrected chi connectivity index (χ3v) is 5.49. The highest BCUT2D eigenvalue weighted by Crippen LogP contribution is 2.35. The molecule has 0 bridgehead atoms. The molecule has 0 saturated carbocycles. The first-order valence-electron chi connectivity index (χ1n) is 8.95.